The van der Waals surface area contributed by atoms with Crippen molar-refractivity contribution in [3.8, 4) is 6.07 Å². The second-order valence-electron chi connectivity index (χ2n) is 5.40. The van der Waals surface area contributed by atoms with Crippen LogP contribution in [0.3, 0.4) is 0 Å². The highest BCUT2D eigenvalue weighted by atomic mass is 15.2. The Bertz CT molecular complexity index is 613. The first-order valence-electron chi connectivity index (χ1n) is 7.38. The van der Waals surface area contributed by atoms with Crippen LogP contribution >= 0.6 is 0 Å². The van der Waals surface area contributed by atoms with Crippen LogP contribution in [-0.2, 0) is 6.42 Å². The topological polar surface area (TPSA) is 39.1 Å². The molecule has 21 heavy (non-hydrogen) atoms. The summed E-state index contributed by atoms with van der Waals surface area (Å²) in [6.07, 6.45) is 1.04. The van der Waals surface area contributed by atoms with Crippen LogP contribution in [0.1, 0.15) is 11.1 Å². The summed E-state index contributed by atoms with van der Waals surface area (Å²) >= 11 is 0. The summed E-state index contributed by atoms with van der Waals surface area (Å²) in [5.74, 6) is 0. The number of nitrogens with zero attached hydrogens (tertiary/aromatic N) is 2. The Morgan fingerprint density at radius 2 is 1.86 bits per heavy atom. The van der Waals surface area contributed by atoms with Gasteiger partial charge in [0.15, 0.2) is 0 Å². The number of hydrogen-bond donors (Lipinski definition) is 1. The lowest BCUT2D eigenvalue weighted by atomic mass is 10.0. The van der Waals surface area contributed by atoms with Gasteiger partial charge in [-0.05, 0) is 36.2 Å². The number of nitriles is 1. The predicted octanol–water partition coefficient (Wildman–Crippen LogP) is 2.58. The Kier molecular flexibility index (Phi) is 4.18. The second-order valence-corrected chi connectivity index (χ2v) is 5.40. The molecule has 0 amide bonds. The minimum absolute atomic E-state index is 0.453. The van der Waals surface area contributed by atoms with Crippen LogP contribution in [0, 0.1) is 11.3 Å². The second kappa shape index (κ2) is 6.43. The first kappa shape index (κ1) is 13.7. The normalized spacial score (nSPS) is 18.2. The van der Waals surface area contributed by atoms with E-state index in [0.29, 0.717) is 11.6 Å². The Morgan fingerprint density at radius 3 is 2.57 bits per heavy atom. The fraction of sp³-hybridized carbons (Fsp3) is 0.278. The van der Waals surface area contributed by atoms with Gasteiger partial charge in [-0.25, -0.2) is 0 Å². The summed E-state index contributed by atoms with van der Waals surface area (Å²) in [6, 6.07) is 21.2. The van der Waals surface area contributed by atoms with E-state index in [9.17, 15) is 0 Å². The summed E-state index contributed by atoms with van der Waals surface area (Å²) < 4.78 is 0. The summed E-state index contributed by atoms with van der Waals surface area (Å²) in [5, 5.41) is 12.4. The average molecular weight is 277 g/mol. The Balaban J connectivity index is 1.79. The molecule has 1 N–H and O–H groups in total. The minimum Gasteiger partial charge on any atom is -0.366 e. The highest BCUT2D eigenvalue weighted by molar-refractivity contribution is 5.51. The van der Waals surface area contributed by atoms with Crippen molar-refractivity contribution in [2.45, 2.75) is 12.5 Å². The summed E-state index contributed by atoms with van der Waals surface area (Å²) in [4.78, 5) is 2.45. The van der Waals surface area contributed by atoms with Crippen LogP contribution in [0.25, 0.3) is 0 Å². The van der Waals surface area contributed by atoms with Crippen molar-refractivity contribution in [1.82, 2.24) is 5.32 Å². The maximum absolute atomic E-state index is 8.91. The van der Waals surface area contributed by atoms with Gasteiger partial charge in [-0.1, -0.05) is 30.3 Å². The number of piperazine rings is 1. The molecule has 106 valence electrons. The Morgan fingerprint density at radius 1 is 1.10 bits per heavy atom. The van der Waals surface area contributed by atoms with Crippen molar-refractivity contribution < 1.29 is 0 Å². The number of anilines is 1. The smallest absolute Gasteiger partial charge is 0.0991 e. The molecule has 3 nitrogen and oxygen atoms in total. The molecule has 3 heteroatoms. The molecule has 1 aliphatic rings. The van der Waals surface area contributed by atoms with E-state index in [-0.39, 0.29) is 0 Å². The van der Waals surface area contributed by atoms with Gasteiger partial charge in [0.1, 0.15) is 0 Å². The molecule has 1 aliphatic heterocycles. The monoisotopic (exact) mass is 277 g/mol. The van der Waals surface area contributed by atoms with Gasteiger partial charge in [0.25, 0.3) is 0 Å². The molecule has 1 atom stereocenters. The molecule has 1 saturated heterocycles. The molecule has 0 bridgehead atoms. The van der Waals surface area contributed by atoms with E-state index in [0.717, 1.165) is 26.1 Å². The maximum atomic E-state index is 8.91. The standard InChI is InChI=1S/C18H19N3/c19-13-16-6-8-17(9-7-16)21-11-10-20-14-18(21)12-15-4-2-1-3-5-15/h1-9,18,20H,10-12,14H2. The number of hydrogen-bond acceptors (Lipinski definition) is 3. The third kappa shape index (κ3) is 3.24. The zero-order valence-electron chi connectivity index (χ0n) is 12.0. The molecular weight excluding hydrogens is 258 g/mol. The van der Waals surface area contributed by atoms with Gasteiger partial charge in [-0.2, -0.15) is 5.26 Å². The van der Waals surface area contributed by atoms with Crippen molar-refractivity contribution in [2.75, 3.05) is 24.5 Å². The van der Waals surface area contributed by atoms with Gasteiger partial charge < -0.3 is 10.2 Å². The van der Waals surface area contributed by atoms with Crippen LogP contribution in [0.2, 0.25) is 0 Å². The van der Waals surface area contributed by atoms with Gasteiger partial charge in [-0.15, -0.1) is 0 Å². The zero-order valence-corrected chi connectivity index (χ0v) is 12.0. The molecule has 3 rings (SSSR count). The Hall–Kier alpha value is -2.31. The third-order valence-corrected chi connectivity index (χ3v) is 3.99. The maximum Gasteiger partial charge on any atom is 0.0991 e. The quantitative estimate of drug-likeness (QED) is 0.937. The van der Waals surface area contributed by atoms with Gasteiger partial charge in [0.2, 0.25) is 0 Å². The van der Waals surface area contributed by atoms with Gasteiger partial charge >= 0.3 is 0 Å². The van der Waals surface area contributed by atoms with Crippen LogP contribution in [0.4, 0.5) is 5.69 Å². The number of rotatable bonds is 3. The highest BCUT2D eigenvalue weighted by Crippen LogP contribution is 2.21. The highest BCUT2D eigenvalue weighted by Gasteiger charge is 2.22. The molecule has 1 unspecified atom stereocenters. The van der Waals surface area contributed by atoms with E-state index in [2.05, 4.69) is 58.8 Å². The molecular formula is C18H19N3. The minimum atomic E-state index is 0.453. The molecule has 1 fully saturated rings. The van der Waals surface area contributed by atoms with Crippen molar-refractivity contribution >= 4 is 5.69 Å². The van der Waals surface area contributed by atoms with Crippen molar-refractivity contribution in [2.24, 2.45) is 0 Å². The molecule has 2 aromatic carbocycles. The summed E-state index contributed by atoms with van der Waals surface area (Å²) in [6.45, 7) is 3.00. The zero-order chi connectivity index (χ0) is 14.5. The first-order chi connectivity index (χ1) is 10.4. The first-order valence-corrected chi connectivity index (χ1v) is 7.38. The molecule has 2 aromatic rings. The summed E-state index contributed by atoms with van der Waals surface area (Å²) in [5.41, 5.74) is 3.29. The lowest BCUT2D eigenvalue weighted by Crippen LogP contribution is -2.52. The Labute approximate surface area is 125 Å². The largest absolute Gasteiger partial charge is 0.366 e. The van der Waals surface area contributed by atoms with Crippen molar-refractivity contribution in [1.29, 1.82) is 5.26 Å². The van der Waals surface area contributed by atoms with E-state index < -0.39 is 0 Å². The van der Waals surface area contributed by atoms with E-state index in [1.165, 1.54) is 11.3 Å². The molecule has 1 heterocycles. The molecule has 0 spiro atoms. The van der Waals surface area contributed by atoms with Crippen molar-refractivity contribution in [3.63, 3.8) is 0 Å². The van der Waals surface area contributed by atoms with E-state index in [4.69, 9.17) is 5.26 Å². The molecule has 0 aliphatic carbocycles. The van der Waals surface area contributed by atoms with Crippen molar-refractivity contribution in [3.05, 3.63) is 65.7 Å². The number of benzene rings is 2. The fourth-order valence-electron chi connectivity index (χ4n) is 2.90. The van der Waals surface area contributed by atoms with Crippen LogP contribution < -0.4 is 10.2 Å². The number of nitrogens with one attached hydrogen (secondary N) is 1. The van der Waals surface area contributed by atoms with E-state index in [1.807, 2.05) is 12.1 Å². The lowest BCUT2D eigenvalue weighted by molar-refractivity contribution is 0.473. The SMILES string of the molecule is N#Cc1ccc(N2CCNCC2Cc2ccccc2)cc1. The van der Waals surface area contributed by atoms with Gasteiger partial charge in [0, 0.05) is 31.4 Å². The molecule has 0 aromatic heterocycles. The predicted molar refractivity (Wildman–Crippen MR) is 85.3 cm³/mol. The van der Waals surface area contributed by atoms with Gasteiger partial charge in [0.05, 0.1) is 11.6 Å². The average Bonchev–Trinajstić information content (AvgIpc) is 2.56. The van der Waals surface area contributed by atoms with E-state index in [1.54, 1.807) is 0 Å². The van der Waals surface area contributed by atoms with Gasteiger partial charge in [-0.3, -0.25) is 0 Å². The van der Waals surface area contributed by atoms with E-state index >= 15 is 0 Å². The lowest BCUT2D eigenvalue weighted by Gasteiger charge is -2.38. The van der Waals surface area contributed by atoms with Crippen LogP contribution in [-0.4, -0.2) is 25.7 Å². The third-order valence-electron chi connectivity index (χ3n) is 3.99. The van der Waals surface area contributed by atoms with Crippen LogP contribution in [0.5, 0.6) is 0 Å². The molecule has 0 saturated carbocycles. The molecule has 0 radical (unpaired) electrons. The fourth-order valence-corrected chi connectivity index (χ4v) is 2.90. The summed E-state index contributed by atoms with van der Waals surface area (Å²) in [7, 11) is 0. The van der Waals surface area contributed by atoms with Crippen LogP contribution in [0.15, 0.2) is 54.6 Å².